The molecule has 0 saturated heterocycles. The van der Waals surface area contributed by atoms with E-state index in [4.69, 9.17) is 15.1 Å². The first kappa shape index (κ1) is 14.8. The molecule has 0 bridgehead atoms. The van der Waals surface area contributed by atoms with Crippen LogP contribution in [0.25, 0.3) is 0 Å². The second-order valence-corrected chi connectivity index (χ2v) is 4.35. The van der Waals surface area contributed by atoms with Gasteiger partial charge >= 0.3 is 5.97 Å². The normalized spacial score (nSPS) is 11.4. The van der Waals surface area contributed by atoms with E-state index in [9.17, 15) is 4.79 Å². The van der Waals surface area contributed by atoms with Gasteiger partial charge in [-0.15, -0.1) is 0 Å². The summed E-state index contributed by atoms with van der Waals surface area (Å²) >= 11 is 0. The molecule has 2 N–H and O–H groups in total. The van der Waals surface area contributed by atoms with Gasteiger partial charge in [-0.3, -0.25) is 4.79 Å². The highest BCUT2D eigenvalue weighted by Crippen LogP contribution is 2.23. The van der Waals surface area contributed by atoms with Crippen LogP contribution in [-0.4, -0.2) is 24.2 Å². The van der Waals surface area contributed by atoms with Gasteiger partial charge in [0.2, 0.25) is 0 Å². The van der Waals surface area contributed by atoms with Gasteiger partial charge in [0.1, 0.15) is 11.8 Å². The molecule has 0 aromatic heterocycles. The Morgan fingerprint density at radius 2 is 2.32 bits per heavy atom. The number of carboxylic acid groups (broad SMARTS) is 1. The number of anilines is 1. The van der Waals surface area contributed by atoms with Crippen LogP contribution in [0.1, 0.15) is 31.7 Å². The largest absolute Gasteiger partial charge is 0.497 e. The van der Waals surface area contributed by atoms with E-state index in [0.717, 1.165) is 6.42 Å². The van der Waals surface area contributed by atoms with Crippen molar-refractivity contribution in [1.82, 2.24) is 0 Å². The van der Waals surface area contributed by atoms with Crippen molar-refractivity contribution >= 4 is 11.7 Å². The molecule has 0 aliphatic rings. The Morgan fingerprint density at radius 3 is 2.89 bits per heavy atom. The summed E-state index contributed by atoms with van der Waals surface area (Å²) in [6.07, 6.45) is 1.50. The van der Waals surface area contributed by atoms with E-state index in [2.05, 4.69) is 11.4 Å². The van der Waals surface area contributed by atoms with Crippen LogP contribution in [0, 0.1) is 11.3 Å². The highest BCUT2D eigenvalue weighted by molar-refractivity contribution is 5.66. The van der Waals surface area contributed by atoms with Crippen LogP contribution in [0.2, 0.25) is 0 Å². The van der Waals surface area contributed by atoms with Crippen LogP contribution >= 0.6 is 0 Å². The second kappa shape index (κ2) is 7.27. The van der Waals surface area contributed by atoms with Gasteiger partial charge in [-0.1, -0.05) is 0 Å². The predicted molar refractivity (Wildman–Crippen MR) is 72.3 cm³/mol. The first-order chi connectivity index (χ1) is 9.06. The Labute approximate surface area is 112 Å². The average molecular weight is 262 g/mol. The first-order valence-corrected chi connectivity index (χ1v) is 6.13. The molecule has 0 radical (unpaired) electrons. The number of nitrogens with one attached hydrogen (secondary N) is 1. The number of carbonyl (C=O) groups is 1. The van der Waals surface area contributed by atoms with Gasteiger partial charge in [-0.2, -0.15) is 5.26 Å². The number of hydrogen-bond acceptors (Lipinski definition) is 4. The number of ether oxygens (including phenoxy) is 1. The quantitative estimate of drug-likeness (QED) is 0.789. The van der Waals surface area contributed by atoms with Gasteiger partial charge in [0.15, 0.2) is 0 Å². The second-order valence-electron chi connectivity index (χ2n) is 4.35. The van der Waals surface area contributed by atoms with E-state index in [-0.39, 0.29) is 12.5 Å². The molecule has 0 heterocycles. The van der Waals surface area contributed by atoms with E-state index in [1.54, 1.807) is 25.3 Å². The van der Waals surface area contributed by atoms with Crippen LogP contribution in [0.4, 0.5) is 5.69 Å². The third kappa shape index (κ3) is 4.88. The Kier molecular flexibility index (Phi) is 5.68. The van der Waals surface area contributed by atoms with Gasteiger partial charge in [-0.25, -0.2) is 0 Å². The summed E-state index contributed by atoms with van der Waals surface area (Å²) in [7, 11) is 1.57. The number of nitriles is 1. The third-order valence-electron chi connectivity index (χ3n) is 2.78. The molecule has 102 valence electrons. The zero-order chi connectivity index (χ0) is 14.3. The lowest BCUT2D eigenvalue weighted by Crippen LogP contribution is -2.16. The molecule has 0 aliphatic carbocycles. The third-order valence-corrected chi connectivity index (χ3v) is 2.78. The van der Waals surface area contributed by atoms with Crippen molar-refractivity contribution in [2.75, 3.05) is 12.4 Å². The van der Waals surface area contributed by atoms with Crippen molar-refractivity contribution in [3.05, 3.63) is 23.8 Å². The fourth-order valence-electron chi connectivity index (χ4n) is 1.76. The van der Waals surface area contributed by atoms with Gasteiger partial charge < -0.3 is 15.2 Å². The zero-order valence-electron chi connectivity index (χ0n) is 11.1. The maximum Gasteiger partial charge on any atom is 0.303 e. The van der Waals surface area contributed by atoms with Crippen LogP contribution in [0.15, 0.2) is 18.2 Å². The minimum absolute atomic E-state index is 0.0959. The van der Waals surface area contributed by atoms with Crippen LogP contribution in [0.5, 0.6) is 5.75 Å². The van der Waals surface area contributed by atoms with E-state index < -0.39 is 5.97 Å². The summed E-state index contributed by atoms with van der Waals surface area (Å²) < 4.78 is 5.12. The molecule has 0 saturated carbocycles. The minimum atomic E-state index is -0.786. The summed E-state index contributed by atoms with van der Waals surface area (Å²) in [6, 6.07) is 7.41. The molecule has 5 heteroatoms. The highest BCUT2D eigenvalue weighted by Gasteiger charge is 2.08. The number of carboxylic acids is 1. The van der Waals surface area contributed by atoms with Gasteiger partial charge in [0, 0.05) is 18.5 Å². The molecule has 0 amide bonds. The standard InChI is InChI=1S/C14H18N2O3/c1-10(4-3-5-14(17)18)16-13-8-12(19-2)7-6-11(13)9-15/h6-8,10,16H,3-5H2,1-2H3,(H,17,18). The summed E-state index contributed by atoms with van der Waals surface area (Å²) in [5.74, 6) is -0.106. The molecule has 0 fully saturated rings. The lowest BCUT2D eigenvalue weighted by Gasteiger charge is -2.16. The minimum Gasteiger partial charge on any atom is -0.497 e. The number of rotatable bonds is 7. The number of hydrogen-bond donors (Lipinski definition) is 2. The highest BCUT2D eigenvalue weighted by atomic mass is 16.5. The molecule has 1 aromatic carbocycles. The Morgan fingerprint density at radius 1 is 1.58 bits per heavy atom. The SMILES string of the molecule is COc1ccc(C#N)c(NC(C)CCCC(=O)O)c1. The summed E-state index contributed by atoms with van der Waals surface area (Å²) in [6.45, 7) is 1.96. The topological polar surface area (TPSA) is 82.3 Å². The van der Waals surface area contributed by atoms with Crippen LogP contribution in [0.3, 0.4) is 0 Å². The summed E-state index contributed by atoms with van der Waals surface area (Å²) in [5.41, 5.74) is 1.26. The van der Waals surface area contributed by atoms with Gasteiger partial charge in [0.25, 0.3) is 0 Å². The molecule has 19 heavy (non-hydrogen) atoms. The number of benzene rings is 1. The van der Waals surface area contributed by atoms with Crippen molar-refractivity contribution in [3.8, 4) is 11.8 Å². The maximum atomic E-state index is 10.4. The fourth-order valence-corrected chi connectivity index (χ4v) is 1.76. The summed E-state index contributed by atoms with van der Waals surface area (Å²) in [4.78, 5) is 10.4. The Balaban J connectivity index is 2.64. The van der Waals surface area contributed by atoms with E-state index >= 15 is 0 Å². The van der Waals surface area contributed by atoms with Crippen molar-refractivity contribution in [1.29, 1.82) is 5.26 Å². The van der Waals surface area contributed by atoms with Gasteiger partial charge in [-0.05, 0) is 31.9 Å². The van der Waals surface area contributed by atoms with Crippen molar-refractivity contribution in [2.24, 2.45) is 0 Å². The molecular weight excluding hydrogens is 244 g/mol. The maximum absolute atomic E-state index is 10.4. The summed E-state index contributed by atoms with van der Waals surface area (Å²) in [5, 5.41) is 20.8. The van der Waals surface area contributed by atoms with Crippen molar-refractivity contribution in [3.63, 3.8) is 0 Å². The number of aliphatic carboxylic acids is 1. The van der Waals surface area contributed by atoms with E-state index in [1.165, 1.54) is 0 Å². The zero-order valence-corrected chi connectivity index (χ0v) is 11.1. The van der Waals surface area contributed by atoms with Crippen LogP contribution < -0.4 is 10.1 Å². The average Bonchev–Trinajstić information content (AvgIpc) is 2.38. The molecule has 0 spiro atoms. The van der Waals surface area contributed by atoms with Crippen molar-refractivity contribution in [2.45, 2.75) is 32.2 Å². The number of nitrogens with zero attached hydrogens (tertiary/aromatic N) is 1. The molecule has 1 unspecified atom stereocenters. The first-order valence-electron chi connectivity index (χ1n) is 6.13. The predicted octanol–water partition coefficient (Wildman–Crippen LogP) is 2.62. The molecular formula is C14H18N2O3. The Hall–Kier alpha value is -2.22. The lowest BCUT2D eigenvalue weighted by atomic mass is 10.1. The van der Waals surface area contributed by atoms with Crippen LogP contribution in [-0.2, 0) is 4.79 Å². The lowest BCUT2D eigenvalue weighted by molar-refractivity contribution is -0.137. The van der Waals surface area contributed by atoms with Gasteiger partial charge in [0.05, 0.1) is 18.4 Å². The molecule has 0 aliphatic heterocycles. The van der Waals surface area contributed by atoms with E-state index in [0.29, 0.717) is 23.4 Å². The van der Waals surface area contributed by atoms with Crippen molar-refractivity contribution < 1.29 is 14.6 Å². The monoisotopic (exact) mass is 262 g/mol. The molecule has 1 aromatic rings. The fraction of sp³-hybridized carbons (Fsp3) is 0.429. The molecule has 1 rings (SSSR count). The Bertz CT molecular complexity index is 480. The van der Waals surface area contributed by atoms with E-state index in [1.807, 2.05) is 6.92 Å². The smallest absolute Gasteiger partial charge is 0.303 e. The molecule has 1 atom stereocenters. The molecule has 5 nitrogen and oxygen atoms in total. The number of methoxy groups -OCH3 is 1.